The van der Waals surface area contributed by atoms with E-state index < -0.39 is 0 Å². The van der Waals surface area contributed by atoms with Crippen molar-refractivity contribution in [3.05, 3.63) is 44.7 Å². The van der Waals surface area contributed by atoms with Crippen molar-refractivity contribution < 1.29 is 4.79 Å². The Morgan fingerprint density at radius 2 is 2.10 bits per heavy atom. The molecule has 0 saturated carbocycles. The summed E-state index contributed by atoms with van der Waals surface area (Å²) in [5, 5.41) is 4.81. The van der Waals surface area contributed by atoms with Gasteiger partial charge >= 0.3 is 0 Å². The van der Waals surface area contributed by atoms with Crippen LogP contribution in [0.3, 0.4) is 0 Å². The maximum absolute atomic E-state index is 12.3. The van der Waals surface area contributed by atoms with E-state index in [9.17, 15) is 4.79 Å². The molecule has 0 spiro atoms. The van der Waals surface area contributed by atoms with Crippen LogP contribution < -0.4 is 5.32 Å². The molecule has 3 rings (SSSR count). The van der Waals surface area contributed by atoms with Gasteiger partial charge in [0.1, 0.15) is 4.88 Å². The summed E-state index contributed by atoms with van der Waals surface area (Å²) in [6.07, 6.45) is 1.73. The number of thiophene rings is 1. The number of thiazole rings is 1. The summed E-state index contributed by atoms with van der Waals surface area (Å²) in [5.41, 5.74) is 1.15. The van der Waals surface area contributed by atoms with E-state index in [1.54, 1.807) is 6.20 Å². The van der Waals surface area contributed by atoms with Crippen molar-refractivity contribution in [2.24, 2.45) is 0 Å². The van der Waals surface area contributed by atoms with E-state index in [0.717, 1.165) is 20.5 Å². The number of anilines is 1. The Labute approximate surface area is 129 Å². The molecule has 3 nitrogen and oxygen atoms in total. The topological polar surface area (TPSA) is 42.0 Å². The average Bonchev–Trinajstić information content (AvgIpc) is 2.94. The van der Waals surface area contributed by atoms with Gasteiger partial charge < -0.3 is 0 Å². The number of carbonyl (C=O) groups excluding carboxylic acids is 1. The Kier molecular flexibility index (Phi) is 3.50. The number of nitrogens with one attached hydrogen (secondary N) is 1. The zero-order chi connectivity index (χ0) is 14.3. The molecule has 0 bridgehead atoms. The lowest BCUT2D eigenvalue weighted by atomic mass is 10.2. The normalized spacial score (nSPS) is 10.9. The fourth-order valence-corrected chi connectivity index (χ4v) is 4.05. The molecule has 0 atom stereocenters. The molecule has 102 valence electrons. The number of hydrogen-bond donors (Lipinski definition) is 1. The van der Waals surface area contributed by atoms with E-state index in [4.69, 9.17) is 11.6 Å². The minimum absolute atomic E-state index is 0.205. The van der Waals surface area contributed by atoms with Crippen molar-refractivity contribution in [3.8, 4) is 0 Å². The highest BCUT2D eigenvalue weighted by Gasteiger charge is 2.18. The van der Waals surface area contributed by atoms with Crippen molar-refractivity contribution in [2.75, 3.05) is 5.32 Å². The summed E-state index contributed by atoms with van der Waals surface area (Å²) in [6.45, 7) is 3.97. The monoisotopic (exact) mass is 322 g/mol. The highest BCUT2D eigenvalue weighted by atomic mass is 35.5. The SMILES string of the molecule is Cc1ccc2c(Cl)c(C(=O)Nc3ncc(C)s3)sc2c1. The van der Waals surface area contributed by atoms with Gasteiger partial charge in [-0.1, -0.05) is 23.7 Å². The Morgan fingerprint density at radius 3 is 2.80 bits per heavy atom. The lowest BCUT2D eigenvalue weighted by Gasteiger charge is -1.98. The molecule has 2 heterocycles. The van der Waals surface area contributed by atoms with Crippen LogP contribution in [0.4, 0.5) is 5.13 Å². The number of halogens is 1. The van der Waals surface area contributed by atoms with E-state index in [2.05, 4.69) is 10.3 Å². The van der Waals surface area contributed by atoms with Gasteiger partial charge in [-0.05, 0) is 25.5 Å². The second-order valence-corrected chi connectivity index (χ2v) is 7.14. The van der Waals surface area contributed by atoms with Crippen LogP contribution in [0.1, 0.15) is 20.1 Å². The van der Waals surface area contributed by atoms with E-state index in [1.807, 2.05) is 32.0 Å². The van der Waals surface area contributed by atoms with Crippen LogP contribution in [-0.4, -0.2) is 10.9 Å². The highest BCUT2D eigenvalue weighted by molar-refractivity contribution is 7.22. The number of nitrogens with zero attached hydrogens (tertiary/aromatic N) is 1. The van der Waals surface area contributed by atoms with Gasteiger partial charge in [-0.15, -0.1) is 22.7 Å². The third-order valence-corrected chi connectivity index (χ3v) is 5.32. The summed E-state index contributed by atoms with van der Waals surface area (Å²) in [5.74, 6) is -0.205. The second kappa shape index (κ2) is 5.16. The Bertz CT molecular complexity index is 807. The van der Waals surface area contributed by atoms with Crippen molar-refractivity contribution >= 4 is 55.4 Å². The molecule has 0 aliphatic heterocycles. The molecule has 2 aromatic heterocycles. The summed E-state index contributed by atoms with van der Waals surface area (Å²) >= 11 is 9.16. The van der Waals surface area contributed by atoms with Gasteiger partial charge in [0.15, 0.2) is 5.13 Å². The number of hydrogen-bond acceptors (Lipinski definition) is 4. The van der Waals surface area contributed by atoms with Crippen molar-refractivity contribution in [1.82, 2.24) is 4.98 Å². The second-order valence-electron chi connectivity index (χ2n) is 4.47. The molecule has 0 aliphatic carbocycles. The molecule has 1 amide bonds. The first-order valence-electron chi connectivity index (χ1n) is 5.97. The van der Waals surface area contributed by atoms with Gasteiger partial charge in [0.25, 0.3) is 5.91 Å². The Hall–Kier alpha value is -1.43. The molecule has 6 heteroatoms. The fourth-order valence-electron chi connectivity index (χ4n) is 1.88. The summed E-state index contributed by atoms with van der Waals surface area (Å²) in [4.78, 5) is 18.0. The van der Waals surface area contributed by atoms with E-state index in [1.165, 1.54) is 22.7 Å². The van der Waals surface area contributed by atoms with Gasteiger partial charge in [0.2, 0.25) is 0 Å². The number of fused-ring (bicyclic) bond motifs is 1. The quantitative estimate of drug-likeness (QED) is 0.730. The molecule has 0 unspecified atom stereocenters. The molecule has 0 aliphatic rings. The van der Waals surface area contributed by atoms with Crippen LogP contribution in [0.15, 0.2) is 24.4 Å². The molecule has 0 radical (unpaired) electrons. The van der Waals surface area contributed by atoms with Crippen LogP contribution >= 0.6 is 34.3 Å². The molecule has 1 aromatic carbocycles. The predicted octanol–water partition coefficient (Wildman–Crippen LogP) is 4.88. The zero-order valence-corrected chi connectivity index (χ0v) is 13.2. The van der Waals surface area contributed by atoms with Gasteiger partial charge in [-0.2, -0.15) is 0 Å². The Morgan fingerprint density at radius 1 is 1.30 bits per heavy atom. The van der Waals surface area contributed by atoms with Gasteiger partial charge in [-0.25, -0.2) is 4.98 Å². The minimum atomic E-state index is -0.205. The lowest BCUT2D eigenvalue weighted by Crippen LogP contribution is -2.10. The largest absolute Gasteiger partial charge is 0.297 e. The number of aryl methyl sites for hydroxylation is 2. The van der Waals surface area contributed by atoms with Gasteiger partial charge in [-0.3, -0.25) is 10.1 Å². The molecular weight excluding hydrogens is 312 g/mol. The molecule has 3 aromatic rings. The first-order valence-corrected chi connectivity index (χ1v) is 7.98. The maximum Gasteiger partial charge on any atom is 0.269 e. The van der Waals surface area contributed by atoms with E-state index in [-0.39, 0.29) is 5.91 Å². The van der Waals surface area contributed by atoms with Gasteiger partial charge in [0.05, 0.1) is 5.02 Å². The Balaban J connectivity index is 1.97. The number of amides is 1. The van der Waals surface area contributed by atoms with Crippen molar-refractivity contribution in [2.45, 2.75) is 13.8 Å². The standard InChI is InChI=1S/C14H11ClN2OS2/c1-7-3-4-9-10(5-7)20-12(11(9)15)13(18)17-14-16-6-8(2)19-14/h3-6H,1-2H3,(H,16,17,18). The van der Waals surface area contributed by atoms with Crippen LogP contribution in [-0.2, 0) is 0 Å². The highest BCUT2D eigenvalue weighted by Crippen LogP contribution is 2.36. The first kappa shape index (κ1) is 13.5. The van der Waals surface area contributed by atoms with Crippen molar-refractivity contribution in [1.29, 1.82) is 0 Å². The summed E-state index contributed by atoms with van der Waals surface area (Å²) < 4.78 is 1.02. The lowest BCUT2D eigenvalue weighted by molar-refractivity contribution is 0.103. The summed E-state index contributed by atoms with van der Waals surface area (Å²) in [6, 6.07) is 5.98. The fraction of sp³-hybridized carbons (Fsp3) is 0.143. The predicted molar refractivity (Wildman–Crippen MR) is 86.4 cm³/mol. The molecule has 1 N–H and O–H groups in total. The first-order chi connectivity index (χ1) is 9.54. The third kappa shape index (κ3) is 2.44. The number of carbonyl (C=O) groups is 1. The maximum atomic E-state index is 12.3. The molecule has 20 heavy (non-hydrogen) atoms. The third-order valence-electron chi connectivity index (χ3n) is 2.83. The number of aromatic nitrogens is 1. The van der Waals surface area contributed by atoms with Gasteiger partial charge in [0, 0.05) is 21.2 Å². The molecule has 0 fully saturated rings. The van der Waals surface area contributed by atoms with Crippen LogP contribution in [0.5, 0.6) is 0 Å². The van der Waals surface area contributed by atoms with E-state index in [0.29, 0.717) is 15.0 Å². The molecular formula is C14H11ClN2OS2. The van der Waals surface area contributed by atoms with Crippen LogP contribution in [0.25, 0.3) is 10.1 Å². The van der Waals surface area contributed by atoms with Crippen LogP contribution in [0, 0.1) is 13.8 Å². The minimum Gasteiger partial charge on any atom is -0.297 e. The molecule has 0 saturated heterocycles. The summed E-state index contributed by atoms with van der Waals surface area (Å²) in [7, 11) is 0. The van der Waals surface area contributed by atoms with E-state index >= 15 is 0 Å². The van der Waals surface area contributed by atoms with Crippen molar-refractivity contribution in [3.63, 3.8) is 0 Å². The smallest absolute Gasteiger partial charge is 0.269 e. The van der Waals surface area contributed by atoms with Crippen LogP contribution in [0.2, 0.25) is 5.02 Å². The average molecular weight is 323 g/mol. The number of benzene rings is 1. The number of rotatable bonds is 2. The zero-order valence-electron chi connectivity index (χ0n) is 10.9.